The van der Waals surface area contributed by atoms with Crippen molar-refractivity contribution in [3.05, 3.63) is 34.6 Å². The Morgan fingerprint density at radius 1 is 1.03 bits per heavy atom. The molecule has 1 aromatic rings. The molecule has 2 aliphatic carbocycles. The van der Waals surface area contributed by atoms with E-state index < -0.39 is 5.97 Å². The number of carbonyl (C=O) groups excluding carboxylic acids is 1. The first-order valence-electron chi connectivity index (χ1n) is 12.5. The Balaban J connectivity index is 1.36. The van der Waals surface area contributed by atoms with Crippen LogP contribution in [0.2, 0.25) is 0 Å². The summed E-state index contributed by atoms with van der Waals surface area (Å²) in [5, 5.41) is 0. The molecule has 0 bridgehead atoms. The highest BCUT2D eigenvalue weighted by molar-refractivity contribution is 5.92. The minimum atomic E-state index is -0.482. The molecule has 30 heavy (non-hydrogen) atoms. The monoisotopic (exact) mass is 414 g/mol. The van der Waals surface area contributed by atoms with Crippen molar-refractivity contribution in [2.24, 2.45) is 23.7 Å². The van der Waals surface area contributed by atoms with Crippen molar-refractivity contribution in [3.63, 3.8) is 0 Å². The number of carbonyl (C=O) groups is 1. The maximum atomic E-state index is 15.3. The minimum absolute atomic E-state index is 0.163. The van der Waals surface area contributed by atoms with Gasteiger partial charge in [0, 0.05) is 6.42 Å². The highest BCUT2D eigenvalue weighted by Gasteiger charge is 2.35. The molecular formula is C27H39FO2. The van der Waals surface area contributed by atoms with Crippen molar-refractivity contribution in [2.45, 2.75) is 103 Å². The molecule has 166 valence electrons. The lowest BCUT2D eigenvalue weighted by molar-refractivity contribution is 0.0293. The molecule has 2 atom stereocenters. The first kappa shape index (κ1) is 21.8. The van der Waals surface area contributed by atoms with Gasteiger partial charge in [-0.1, -0.05) is 51.7 Å². The van der Waals surface area contributed by atoms with Crippen LogP contribution in [0, 0.1) is 29.5 Å². The molecule has 3 aliphatic rings. The molecule has 4 rings (SSSR count). The quantitative estimate of drug-likeness (QED) is 0.468. The third kappa shape index (κ3) is 4.46. The number of benzene rings is 1. The molecule has 0 aromatic heterocycles. The predicted octanol–water partition coefficient (Wildman–Crippen LogP) is 7.44. The molecular weight excluding hydrogens is 375 g/mol. The summed E-state index contributed by atoms with van der Waals surface area (Å²) in [6.07, 6.45) is 13.3. The minimum Gasteiger partial charge on any atom is -0.459 e. The van der Waals surface area contributed by atoms with Gasteiger partial charge in [0.25, 0.3) is 0 Å². The average molecular weight is 415 g/mol. The summed E-state index contributed by atoms with van der Waals surface area (Å²) < 4.78 is 20.6. The summed E-state index contributed by atoms with van der Waals surface area (Å²) in [4.78, 5) is 12.3. The van der Waals surface area contributed by atoms with Gasteiger partial charge in [-0.05, 0) is 86.2 Å². The maximum absolute atomic E-state index is 15.3. The molecule has 3 heteroatoms. The van der Waals surface area contributed by atoms with Crippen molar-refractivity contribution in [1.29, 1.82) is 0 Å². The van der Waals surface area contributed by atoms with E-state index in [-0.39, 0.29) is 23.4 Å². The molecule has 0 amide bonds. The Kier molecular flexibility index (Phi) is 6.85. The fraction of sp³-hybridized carbons (Fsp3) is 0.741. The van der Waals surface area contributed by atoms with Crippen molar-refractivity contribution in [1.82, 2.24) is 0 Å². The largest absolute Gasteiger partial charge is 0.459 e. The van der Waals surface area contributed by atoms with Crippen LogP contribution in [0.15, 0.2) is 12.1 Å². The second-order valence-corrected chi connectivity index (χ2v) is 10.5. The molecule has 0 radical (unpaired) electrons. The van der Waals surface area contributed by atoms with Crippen LogP contribution < -0.4 is 0 Å². The van der Waals surface area contributed by atoms with E-state index in [2.05, 4.69) is 13.8 Å². The number of esters is 1. The molecule has 1 aliphatic heterocycles. The van der Waals surface area contributed by atoms with E-state index in [4.69, 9.17) is 4.74 Å². The normalized spacial score (nSPS) is 32.9. The molecule has 1 heterocycles. The number of hydrogen-bond acceptors (Lipinski definition) is 2. The number of hydrogen-bond donors (Lipinski definition) is 0. The van der Waals surface area contributed by atoms with Crippen LogP contribution in [-0.4, -0.2) is 12.1 Å². The van der Waals surface area contributed by atoms with Gasteiger partial charge in [-0.25, -0.2) is 9.18 Å². The Labute approximate surface area is 182 Å². The number of ether oxygens (including phenoxy) is 1. The standard InChI is InChI=1S/C27H39FO2/c1-4-5-19-6-8-20(9-7-19)18(3)21-10-12-22(13-11-21)24-15-14-23-16-17(2)30-27(29)25(23)26(24)28/h14-15,17-22H,4-13,16H2,1-3H3. The van der Waals surface area contributed by atoms with Gasteiger partial charge in [0.2, 0.25) is 0 Å². The van der Waals surface area contributed by atoms with Gasteiger partial charge in [-0.2, -0.15) is 0 Å². The topological polar surface area (TPSA) is 26.3 Å². The highest BCUT2D eigenvalue weighted by atomic mass is 19.1. The van der Waals surface area contributed by atoms with E-state index in [0.29, 0.717) is 6.42 Å². The molecule has 0 spiro atoms. The molecule has 0 saturated heterocycles. The van der Waals surface area contributed by atoms with Crippen LogP contribution in [0.3, 0.4) is 0 Å². The van der Waals surface area contributed by atoms with Crippen LogP contribution >= 0.6 is 0 Å². The maximum Gasteiger partial charge on any atom is 0.341 e. The van der Waals surface area contributed by atoms with E-state index in [1.165, 1.54) is 51.4 Å². The van der Waals surface area contributed by atoms with Gasteiger partial charge in [-0.3, -0.25) is 0 Å². The van der Waals surface area contributed by atoms with Crippen LogP contribution in [-0.2, 0) is 11.2 Å². The zero-order chi connectivity index (χ0) is 21.3. The molecule has 2 saturated carbocycles. The van der Waals surface area contributed by atoms with Crippen LogP contribution in [0.4, 0.5) is 4.39 Å². The molecule has 1 aromatic carbocycles. The second kappa shape index (κ2) is 9.40. The zero-order valence-electron chi connectivity index (χ0n) is 19.1. The third-order valence-corrected chi connectivity index (χ3v) is 8.56. The third-order valence-electron chi connectivity index (χ3n) is 8.56. The van der Waals surface area contributed by atoms with Gasteiger partial charge >= 0.3 is 5.97 Å². The molecule has 2 nitrogen and oxygen atoms in total. The summed E-state index contributed by atoms with van der Waals surface area (Å²) in [5.41, 5.74) is 1.75. The fourth-order valence-corrected chi connectivity index (χ4v) is 6.68. The van der Waals surface area contributed by atoms with E-state index in [1.807, 2.05) is 19.1 Å². The molecule has 2 fully saturated rings. The Morgan fingerprint density at radius 2 is 1.67 bits per heavy atom. The van der Waals surface area contributed by atoms with Crippen LogP contribution in [0.25, 0.3) is 0 Å². The lowest BCUT2D eigenvalue weighted by atomic mass is 9.66. The Hall–Kier alpha value is -1.38. The summed E-state index contributed by atoms with van der Waals surface area (Å²) in [5.74, 6) is 2.87. The van der Waals surface area contributed by atoms with Crippen molar-refractivity contribution in [3.8, 4) is 0 Å². The van der Waals surface area contributed by atoms with Gasteiger partial charge in [0.05, 0.1) is 5.56 Å². The van der Waals surface area contributed by atoms with Gasteiger partial charge in [0.15, 0.2) is 0 Å². The number of fused-ring (bicyclic) bond motifs is 1. The first-order valence-corrected chi connectivity index (χ1v) is 12.5. The summed E-state index contributed by atoms with van der Waals surface area (Å²) >= 11 is 0. The summed E-state index contributed by atoms with van der Waals surface area (Å²) in [6.45, 7) is 6.65. The van der Waals surface area contributed by atoms with Gasteiger partial charge in [0.1, 0.15) is 11.9 Å². The Morgan fingerprint density at radius 3 is 2.30 bits per heavy atom. The number of rotatable bonds is 5. The smallest absolute Gasteiger partial charge is 0.341 e. The van der Waals surface area contributed by atoms with Gasteiger partial charge in [-0.15, -0.1) is 0 Å². The number of halogens is 1. The lowest BCUT2D eigenvalue weighted by Gasteiger charge is -2.39. The van der Waals surface area contributed by atoms with Crippen molar-refractivity contribution >= 4 is 5.97 Å². The summed E-state index contributed by atoms with van der Waals surface area (Å²) in [7, 11) is 0. The van der Waals surface area contributed by atoms with Crippen LogP contribution in [0.1, 0.15) is 112 Å². The molecule has 2 unspecified atom stereocenters. The van der Waals surface area contributed by atoms with E-state index in [9.17, 15) is 4.79 Å². The Bertz CT molecular complexity index is 741. The van der Waals surface area contributed by atoms with E-state index >= 15 is 4.39 Å². The highest BCUT2D eigenvalue weighted by Crippen LogP contribution is 2.45. The average Bonchev–Trinajstić information content (AvgIpc) is 2.74. The fourth-order valence-electron chi connectivity index (χ4n) is 6.68. The van der Waals surface area contributed by atoms with Crippen molar-refractivity contribution in [2.75, 3.05) is 0 Å². The SMILES string of the molecule is CCCC1CCC(C(C)C2CCC(c3ccc4c(c3F)C(=O)OC(C)C4)CC2)CC1. The second-order valence-electron chi connectivity index (χ2n) is 10.5. The lowest BCUT2D eigenvalue weighted by Crippen LogP contribution is -2.29. The first-order chi connectivity index (χ1) is 14.5. The zero-order valence-corrected chi connectivity index (χ0v) is 19.1. The molecule has 0 N–H and O–H groups in total. The van der Waals surface area contributed by atoms with Gasteiger partial charge < -0.3 is 4.74 Å². The van der Waals surface area contributed by atoms with Crippen molar-refractivity contribution < 1.29 is 13.9 Å². The van der Waals surface area contributed by atoms with Crippen LogP contribution in [0.5, 0.6) is 0 Å². The van der Waals surface area contributed by atoms with E-state index in [1.54, 1.807) is 0 Å². The predicted molar refractivity (Wildman–Crippen MR) is 119 cm³/mol. The summed E-state index contributed by atoms with van der Waals surface area (Å²) in [6, 6.07) is 3.91. The van der Waals surface area contributed by atoms with E-state index in [0.717, 1.165) is 47.6 Å². The number of cyclic esters (lactones) is 1.